The minimum Gasteiger partial charge on any atom is -0.361 e. The van der Waals surface area contributed by atoms with Crippen molar-refractivity contribution in [3.63, 3.8) is 0 Å². The van der Waals surface area contributed by atoms with Crippen LogP contribution in [-0.4, -0.2) is 36.3 Å². The van der Waals surface area contributed by atoms with Crippen molar-refractivity contribution in [3.8, 4) is 0 Å². The Morgan fingerprint density at radius 3 is 2.63 bits per heavy atom. The van der Waals surface area contributed by atoms with E-state index in [1.165, 1.54) is 17.0 Å². The first-order valence-electron chi connectivity index (χ1n) is 7.29. The molecule has 2 rings (SSSR count). The molecular weight excluding hydrogens is 236 g/mol. The number of fused-ring (bicyclic) bond motifs is 1. The molecule has 1 aliphatic carbocycles. The fourth-order valence-corrected chi connectivity index (χ4v) is 3.12. The molecule has 1 N–H and O–H groups in total. The quantitative estimate of drug-likeness (QED) is 0.905. The van der Waals surface area contributed by atoms with E-state index in [1.54, 1.807) is 0 Å². The van der Waals surface area contributed by atoms with Gasteiger partial charge in [-0.2, -0.15) is 0 Å². The second kappa shape index (κ2) is 5.49. The highest BCUT2D eigenvalue weighted by atomic mass is 16.1. The molecule has 0 bridgehead atoms. The van der Waals surface area contributed by atoms with Gasteiger partial charge in [0.2, 0.25) is 0 Å². The Morgan fingerprint density at radius 1 is 1.37 bits per heavy atom. The number of carbonyl (C=O) groups is 1. The summed E-state index contributed by atoms with van der Waals surface area (Å²) in [6, 6.07) is 0. The largest absolute Gasteiger partial charge is 0.361 e. The smallest absolute Gasteiger partial charge is 0.169 e. The van der Waals surface area contributed by atoms with Gasteiger partial charge in [0.05, 0.1) is 0 Å². The fraction of sp³-hybridized carbons (Fsp3) is 0.688. The molecule has 1 atom stereocenters. The SMILES string of the molecule is Cc1c(CC(C)C)[nH]c2c1C(=O)C(CN(C)C)CC2. The number of ketones is 1. The Kier molecular flexibility index (Phi) is 4.14. The summed E-state index contributed by atoms with van der Waals surface area (Å²) < 4.78 is 0. The van der Waals surface area contributed by atoms with Gasteiger partial charge in [0, 0.05) is 29.4 Å². The Bertz CT molecular complexity index is 471. The van der Waals surface area contributed by atoms with E-state index in [2.05, 4.69) is 30.7 Å². The summed E-state index contributed by atoms with van der Waals surface area (Å²) in [6.07, 6.45) is 3.02. The van der Waals surface area contributed by atoms with Crippen LogP contribution in [0.15, 0.2) is 0 Å². The molecule has 0 saturated heterocycles. The zero-order valence-corrected chi connectivity index (χ0v) is 12.8. The van der Waals surface area contributed by atoms with Gasteiger partial charge in [0.1, 0.15) is 0 Å². The molecule has 1 heterocycles. The third-order valence-corrected chi connectivity index (χ3v) is 3.99. The van der Waals surface area contributed by atoms with Crippen molar-refractivity contribution in [2.75, 3.05) is 20.6 Å². The minimum atomic E-state index is 0.170. The maximum atomic E-state index is 12.6. The number of carbonyl (C=O) groups excluding carboxylic acids is 1. The van der Waals surface area contributed by atoms with Crippen molar-refractivity contribution in [3.05, 3.63) is 22.5 Å². The van der Waals surface area contributed by atoms with Gasteiger partial charge < -0.3 is 9.88 Å². The molecule has 0 amide bonds. The van der Waals surface area contributed by atoms with E-state index >= 15 is 0 Å². The number of nitrogens with zero attached hydrogens (tertiary/aromatic N) is 1. The first kappa shape index (κ1) is 14.3. The molecule has 0 fully saturated rings. The molecule has 0 radical (unpaired) electrons. The number of rotatable bonds is 4. The molecule has 1 aromatic rings. The summed E-state index contributed by atoms with van der Waals surface area (Å²) in [5, 5.41) is 0. The van der Waals surface area contributed by atoms with E-state index in [-0.39, 0.29) is 5.92 Å². The van der Waals surface area contributed by atoms with Crippen molar-refractivity contribution < 1.29 is 4.79 Å². The molecule has 0 aliphatic heterocycles. The van der Waals surface area contributed by atoms with E-state index in [1.807, 2.05) is 14.1 Å². The zero-order valence-electron chi connectivity index (χ0n) is 12.8. The fourth-order valence-electron chi connectivity index (χ4n) is 3.12. The van der Waals surface area contributed by atoms with Crippen LogP contribution in [-0.2, 0) is 12.8 Å². The highest BCUT2D eigenvalue weighted by molar-refractivity contribution is 6.01. The van der Waals surface area contributed by atoms with Gasteiger partial charge >= 0.3 is 0 Å². The van der Waals surface area contributed by atoms with Gasteiger partial charge in [-0.15, -0.1) is 0 Å². The third kappa shape index (κ3) is 2.92. The van der Waals surface area contributed by atoms with Crippen molar-refractivity contribution in [1.29, 1.82) is 0 Å². The second-order valence-corrected chi connectivity index (χ2v) is 6.54. The van der Waals surface area contributed by atoms with Crippen LogP contribution in [0.3, 0.4) is 0 Å². The molecule has 1 aromatic heterocycles. The van der Waals surface area contributed by atoms with Gasteiger partial charge in [-0.3, -0.25) is 4.79 Å². The molecule has 0 aromatic carbocycles. The van der Waals surface area contributed by atoms with Crippen molar-refractivity contribution in [1.82, 2.24) is 9.88 Å². The molecular formula is C16H26N2O. The summed E-state index contributed by atoms with van der Waals surface area (Å²) in [4.78, 5) is 18.2. The Morgan fingerprint density at radius 2 is 2.05 bits per heavy atom. The number of aromatic nitrogens is 1. The molecule has 3 heteroatoms. The van der Waals surface area contributed by atoms with Crippen LogP contribution in [0.25, 0.3) is 0 Å². The lowest BCUT2D eigenvalue weighted by Gasteiger charge is -2.24. The number of nitrogens with one attached hydrogen (secondary N) is 1. The lowest BCUT2D eigenvalue weighted by Crippen LogP contribution is -2.31. The van der Waals surface area contributed by atoms with Crippen LogP contribution < -0.4 is 0 Å². The summed E-state index contributed by atoms with van der Waals surface area (Å²) in [6.45, 7) is 7.40. The molecule has 1 aliphatic rings. The Balaban J connectivity index is 2.28. The van der Waals surface area contributed by atoms with Crippen LogP contribution in [0, 0.1) is 18.8 Å². The molecule has 3 nitrogen and oxygen atoms in total. The molecule has 0 saturated carbocycles. The topological polar surface area (TPSA) is 36.1 Å². The first-order chi connectivity index (χ1) is 8.90. The number of aryl methyl sites for hydroxylation is 1. The molecule has 19 heavy (non-hydrogen) atoms. The van der Waals surface area contributed by atoms with Gasteiger partial charge in [-0.1, -0.05) is 13.8 Å². The monoisotopic (exact) mass is 262 g/mol. The number of aromatic amines is 1. The number of hydrogen-bond donors (Lipinski definition) is 1. The van der Waals surface area contributed by atoms with Gasteiger partial charge in [-0.25, -0.2) is 0 Å². The number of H-pyrrole nitrogens is 1. The molecule has 106 valence electrons. The number of Topliss-reactive ketones (excluding diaryl/α,β-unsaturated/α-hetero) is 1. The van der Waals surface area contributed by atoms with E-state index in [4.69, 9.17) is 0 Å². The maximum absolute atomic E-state index is 12.6. The van der Waals surface area contributed by atoms with Crippen LogP contribution in [0.5, 0.6) is 0 Å². The predicted molar refractivity (Wildman–Crippen MR) is 78.8 cm³/mol. The molecule has 1 unspecified atom stereocenters. The molecule has 0 spiro atoms. The summed E-state index contributed by atoms with van der Waals surface area (Å²) in [5.41, 5.74) is 4.62. The number of hydrogen-bond acceptors (Lipinski definition) is 2. The maximum Gasteiger partial charge on any atom is 0.169 e. The average molecular weight is 262 g/mol. The van der Waals surface area contributed by atoms with Gasteiger partial charge in [0.25, 0.3) is 0 Å². The van der Waals surface area contributed by atoms with E-state index in [0.29, 0.717) is 11.7 Å². The van der Waals surface area contributed by atoms with Crippen molar-refractivity contribution in [2.45, 2.75) is 40.0 Å². The van der Waals surface area contributed by atoms with Crippen molar-refractivity contribution in [2.24, 2.45) is 11.8 Å². The van der Waals surface area contributed by atoms with Crippen LogP contribution in [0.2, 0.25) is 0 Å². The summed E-state index contributed by atoms with van der Waals surface area (Å²) in [7, 11) is 4.08. The third-order valence-electron chi connectivity index (χ3n) is 3.99. The standard InChI is InChI=1S/C16H26N2O/c1-10(2)8-14-11(3)15-13(17-14)7-6-12(16(15)19)9-18(4)5/h10,12,17H,6-9H2,1-5H3. The van der Waals surface area contributed by atoms with Crippen LogP contribution >= 0.6 is 0 Å². The van der Waals surface area contributed by atoms with Crippen LogP contribution in [0.4, 0.5) is 0 Å². The van der Waals surface area contributed by atoms with Crippen LogP contribution in [0.1, 0.15) is 47.6 Å². The highest BCUT2D eigenvalue weighted by Crippen LogP contribution is 2.30. The highest BCUT2D eigenvalue weighted by Gasteiger charge is 2.31. The lowest BCUT2D eigenvalue weighted by atomic mass is 9.84. The van der Waals surface area contributed by atoms with E-state index in [0.717, 1.165) is 31.4 Å². The van der Waals surface area contributed by atoms with E-state index in [9.17, 15) is 4.79 Å². The van der Waals surface area contributed by atoms with Crippen molar-refractivity contribution >= 4 is 5.78 Å². The zero-order chi connectivity index (χ0) is 14.2. The Hall–Kier alpha value is -1.09. The lowest BCUT2D eigenvalue weighted by molar-refractivity contribution is 0.0876. The van der Waals surface area contributed by atoms with Gasteiger partial charge in [0.15, 0.2) is 5.78 Å². The van der Waals surface area contributed by atoms with Gasteiger partial charge in [-0.05, 0) is 51.8 Å². The first-order valence-corrected chi connectivity index (χ1v) is 7.29. The average Bonchev–Trinajstić information content (AvgIpc) is 2.59. The second-order valence-electron chi connectivity index (χ2n) is 6.54. The Labute approximate surface area is 116 Å². The summed E-state index contributed by atoms with van der Waals surface area (Å²) >= 11 is 0. The minimum absolute atomic E-state index is 0.170. The van der Waals surface area contributed by atoms with E-state index < -0.39 is 0 Å². The summed E-state index contributed by atoms with van der Waals surface area (Å²) in [5.74, 6) is 1.13. The normalized spacial score (nSPS) is 19.3. The predicted octanol–water partition coefficient (Wildman–Crippen LogP) is 2.83.